The molecule has 18 heavy (non-hydrogen) atoms. The van der Waals surface area contributed by atoms with Gasteiger partial charge < -0.3 is 9.88 Å². The first-order valence-electron chi connectivity index (χ1n) is 6.71. The van der Waals surface area contributed by atoms with Crippen LogP contribution in [0.1, 0.15) is 32.3 Å². The number of imidazole rings is 1. The summed E-state index contributed by atoms with van der Waals surface area (Å²) in [6, 6.07) is 8.46. The van der Waals surface area contributed by atoms with Crippen LogP contribution in [0, 0.1) is 0 Å². The van der Waals surface area contributed by atoms with Gasteiger partial charge in [-0.3, -0.25) is 0 Å². The lowest BCUT2D eigenvalue weighted by Crippen LogP contribution is -2.04. The normalized spacial score (nSPS) is 10.6. The van der Waals surface area contributed by atoms with Crippen molar-refractivity contribution >= 4 is 11.6 Å². The first-order valence-corrected chi connectivity index (χ1v) is 6.71. The van der Waals surface area contributed by atoms with E-state index in [0.717, 1.165) is 31.8 Å². The molecule has 0 aliphatic rings. The standard InChI is InChI=1S/C15H21N3/c1-3-7-13-8-5-6-9-14(13)17-15-16-10-12-18(15)11-4-2/h5-6,8-10,12H,3-4,7,11H2,1-2H3,(H,16,17). The Morgan fingerprint density at radius 3 is 2.78 bits per heavy atom. The van der Waals surface area contributed by atoms with E-state index in [4.69, 9.17) is 0 Å². The molecular weight excluding hydrogens is 222 g/mol. The highest BCUT2D eigenvalue weighted by Crippen LogP contribution is 2.21. The fourth-order valence-corrected chi connectivity index (χ4v) is 2.10. The summed E-state index contributed by atoms with van der Waals surface area (Å²) < 4.78 is 2.16. The van der Waals surface area contributed by atoms with Gasteiger partial charge in [0.05, 0.1) is 0 Å². The van der Waals surface area contributed by atoms with E-state index in [1.165, 1.54) is 11.3 Å². The molecule has 3 heteroatoms. The molecule has 0 fully saturated rings. The van der Waals surface area contributed by atoms with E-state index in [0.29, 0.717) is 0 Å². The summed E-state index contributed by atoms with van der Waals surface area (Å²) in [6.07, 6.45) is 7.23. The maximum Gasteiger partial charge on any atom is 0.207 e. The van der Waals surface area contributed by atoms with E-state index < -0.39 is 0 Å². The van der Waals surface area contributed by atoms with Crippen LogP contribution >= 0.6 is 0 Å². The third kappa shape index (κ3) is 2.92. The van der Waals surface area contributed by atoms with Crippen LogP contribution in [0.3, 0.4) is 0 Å². The van der Waals surface area contributed by atoms with Gasteiger partial charge in [0.25, 0.3) is 0 Å². The highest BCUT2D eigenvalue weighted by molar-refractivity contribution is 5.58. The lowest BCUT2D eigenvalue weighted by atomic mass is 10.1. The fourth-order valence-electron chi connectivity index (χ4n) is 2.10. The van der Waals surface area contributed by atoms with Gasteiger partial charge in [-0.05, 0) is 24.5 Å². The third-order valence-corrected chi connectivity index (χ3v) is 2.96. The van der Waals surface area contributed by atoms with Crippen LogP contribution in [-0.2, 0) is 13.0 Å². The number of aromatic nitrogens is 2. The zero-order valence-corrected chi connectivity index (χ0v) is 11.2. The number of nitrogens with one attached hydrogen (secondary N) is 1. The summed E-state index contributed by atoms with van der Waals surface area (Å²) in [6.45, 7) is 5.38. The van der Waals surface area contributed by atoms with Crippen LogP contribution in [0.4, 0.5) is 11.6 Å². The molecule has 0 radical (unpaired) electrons. The smallest absolute Gasteiger partial charge is 0.207 e. The van der Waals surface area contributed by atoms with Crippen molar-refractivity contribution in [1.82, 2.24) is 9.55 Å². The molecule has 1 aromatic heterocycles. The first kappa shape index (κ1) is 12.7. The molecule has 0 aliphatic carbocycles. The number of hydrogen-bond acceptors (Lipinski definition) is 2. The first-order chi connectivity index (χ1) is 8.85. The zero-order chi connectivity index (χ0) is 12.8. The second-order valence-electron chi connectivity index (χ2n) is 4.48. The molecule has 0 atom stereocenters. The largest absolute Gasteiger partial charge is 0.325 e. The quantitative estimate of drug-likeness (QED) is 0.831. The Morgan fingerprint density at radius 2 is 2.00 bits per heavy atom. The van der Waals surface area contributed by atoms with Gasteiger partial charge in [-0.25, -0.2) is 4.98 Å². The van der Waals surface area contributed by atoms with Crippen LogP contribution in [0.5, 0.6) is 0 Å². The molecule has 1 aromatic carbocycles. The highest BCUT2D eigenvalue weighted by atomic mass is 15.2. The Morgan fingerprint density at radius 1 is 1.17 bits per heavy atom. The van der Waals surface area contributed by atoms with E-state index in [1.807, 2.05) is 12.4 Å². The van der Waals surface area contributed by atoms with Crippen LogP contribution < -0.4 is 5.32 Å². The summed E-state index contributed by atoms with van der Waals surface area (Å²) >= 11 is 0. The predicted molar refractivity (Wildman–Crippen MR) is 76.2 cm³/mol. The number of anilines is 2. The molecule has 1 N–H and O–H groups in total. The lowest BCUT2D eigenvalue weighted by molar-refractivity contribution is 0.686. The second kappa shape index (κ2) is 6.24. The van der Waals surface area contributed by atoms with Crippen molar-refractivity contribution in [1.29, 1.82) is 0 Å². The summed E-state index contributed by atoms with van der Waals surface area (Å²) in [5, 5.41) is 3.44. The SMILES string of the molecule is CCCc1ccccc1Nc1nccn1CCC. The summed E-state index contributed by atoms with van der Waals surface area (Å²) in [4.78, 5) is 4.38. The Hall–Kier alpha value is -1.77. The molecule has 1 heterocycles. The van der Waals surface area contributed by atoms with Gasteiger partial charge >= 0.3 is 0 Å². The van der Waals surface area contributed by atoms with Gasteiger partial charge in [0.15, 0.2) is 0 Å². The lowest BCUT2D eigenvalue weighted by Gasteiger charge is -2.12. The van der Waals surface area contributed by atoms with E-state index in [1.54, 1.807) is 0 Å². The Kier molecular flexibility index (Phi) is 4.40. The van der Waals surface area contributed by atoms with Crippen LogP contribution in [0.15, 0.2) is 36.7 Å². The molecule has 0 saturated heterocycles. The zero-order valence-electron chi connectivity index (χ0n) is 11.2. The number of benzene rings is 1. The predicted octanol–water partition coefficient (Wildman–Crippen LogP) is 3.99. The van der Waals surface area contributed by atoms with Crippen LogP contribution in [-0.4, -0.2) is 9.55 Å². The maximum absolute atomic E-state index is 4.38. The van der Waals surface area contributed by atoms with Crippen molar-refractivity contribution in [3.63, 3.8) is 0 Å². The van der Waals surface area contributed by atoms with Crippen LogP contribution in [0.2, 0.25) is 0 Å². The van der Waals surface area contributed by atoms with Crippen molar-refractivity contribution in [2.45, 2.75) is 39.7 Å². The molecular formula is C15H21N3. The molecule has 0 saturated carbocycles. The van der Waals surface area contributed by atoms with Crippen molar-refractivity contribution in [2.24, 2.45) is 0 Å². The van der Waals surface area contributed by atoms with Gasteiger partial charge in [-0.1, -0.05) is 38.5 Å². The monoisotopic (exact) mass is 243 g/mol. The number of rotatable bonds is 6. The van der Waals surface area contributed by atoms with Crippen molar-refractivity contribution in [3.8, 4) is 0 Å². The van der Waals surface area contributed by atoms with Gasteiger partial charge in [0.2, 0.25) is 5.95 Å². The molecule has 3 nitrogen and oxygen atoms in total. The Balaban J connectivity index is 2.20. The van der Waals surface area contributed by atoms with E-state index >= 15 is 0 Å². The molecule has 0 amide bonds. The Bertz CT molecular complexity index is 488. The average molecular weight is 243 g/mol. The summed E-state index contributed by atoms with van der Waals surface area (Å²) in [7, 11) is 0. The molecule has 0 bridgehead atoms. The van der Waals surface area contributed by atoms with Gasteiger partial charge in [-0.2, -0.15) is 0 Å². The minimum Gasteiger partial charge on any atom is -0.325 e. The minimum atomic E-state index is 0.931. The highest BCUT2D eigenvalue weighted by Gasteiger charge is 2.05. The molecule has 96 valence electrons. The fraction of sp³-hybridized carbons (Fsp3) is 0.400. The van der Waals surface area contributed by atoms with Gasteiger partial charge in [0.1, 0.15) is 0 Å². The second-order valence-corrected chi connectivity index (χ2v) is 4.48. The average Bonchev–Trinajstić information content (AvgIpc) is 2.80. The minimum absolute atomic E-state index is 0.931. The number of para-hydroxylation sites is 1. The van der Waals surface area contributed by atoms with E-state index in [9.17, 15) is 0 Å². The summed E-state index contributed by atoms with van der Waals surface area (Å²) in [5.74, 6) is 0.931. The van der Waals surface area contributed by atoms with Gasteiger partial charge in [0, 0.05) is 24.6 Å². The molecule has 2 aromatic rings. The maximum atomic E-state index is 4.38. The van der Waals surface area contributed by atoms with E-state index in [2.05, 4.69) is 53.0 Å². The topological polar surface area (TPSA) is 29.9 Å². The van der Waals surface area contributed by atoms with Crippen molar-refractivity contribution < 1.29 is 0 Å². The summed E-state index contributed by atoms with van der Waals surface area (Å²) in [5.41, 5.74) is 2.52. The number of aryl methyl sites for hydroxylation is 2. The van der Waals surface area contributed by atoms with Gasteiger partial charge in [-0.15, -0.1) is 0 Å². The number of nitrogens with zero attached hydrogens (tertiary/aromatic N) is 2. The Labute approximate surface area is 109 Å². The van der Waals surface area contributed by atoms with Crippen molar-refractivity contribution in [2.75, 3.05) is 5.32 Å². The number of hydrogen-bond donors (Lipinski definition) is 1. The molecule has 0 unspecified atom stereocenters. The molecule has 2 rings (SSSR count). The van der Waals surface area contributed by atoms with Crippen molar-refractivity contribution in [3.05, 3.63) is 42.2 Å². The van der Waals surface area contributed by atoms with Crippen LogP contribution in [0.25, 0.3) is 0 Å². The van der Waals surface area contributed by atoms with E-state index in [-0.39, 0.29) is 0 Å². The molecule has 0 aliphatic heterocycles. The molecule has 0 spiro atoms. The third-order valence-electron chi connectivity index (χ3n) is 2.96.